The number of carbonyl (C=O) groups excluding carboxylic acids is 1. The Labute approximate surface area is 157 Å². The second kappa shape index (κ2) is 7.34. The molecule has 0 bridgehead atoms. The molecule has 2 N–H and O–H groups in total. The van der Waals surface area contributed by atoms with E-state index in [1.54, 1.807) is 12.3 Å². The number of pyridine rings is 1. The van der Waals surface area contributed by atoms with Crippen LogP contribution in [0.25, 0.3) is 10.9 Å². The molecule has 27 heavy (non-hydrogen) atoms. The average molecular weight is 385 g/mol. The van der Waals surface area contributed by atoms with Gasteiger partial charge in [-0.15, -0.1) is 0 Å². The van der Waals surface area contributed by atoms with E-state index in [2.05, 4.69) is 15.0 Å². The quantitative estimate of drug-likeness (QED) is 0.704. The fourth-order valence-electron chi connectivity index (χ4n) is 2.71. The fraction of sp³-hybridized carbons (Fsp3) is 0.158. The number of sulfonamides is 1. The molecule has 0 aliphatic carbocycles. The summed E-state index contributed by atoms with van der Waals surface area (Å²) in [6.07, 6.45) is 1.60. The number of rotatable bonds is 5. The summed E-state index contributed by atoms with van der Waals surface area (Å²) < 4.78 is 31.6. The molecule has 1 aromatic heterocycles. The molecule has 3 rings (SSSR count). The normalized spacial score (nSPS) is 11.4. The Balaban J connectivity index is 2.04. The van der Waals surface area contributed by atoms with E-state index in [0.717, 1.165) is 16.5 Å². The molecule has 0 radical (unpaired) electrons. The van der Waals surface area contributed by atoms with Crippen LogP contribution in [0.4, 0.5) is 5.69 Å². The molecule has 1 amide bonds. The monoisotopic (exact) mass is 385 g/mol. The van der Waals surface area contributed by atoms with E-state index in [4.69, 9.17) is 4.74 Å². The Morgan fingerprint density at radius 3 is 2.59 bits per heavy atom. The van der Waals surface area contributed by atoms with Crippen LogP contribution >= 0.6 is 0 Å². The molecule has 140 valence electrons. The number of hydrogen-bond acceptors (Lipinski definition) is 5. The Kier molecular flexibility index (Phi) is 5.11. The van der Waals surface area contributed by atoms with E-state index >= 15 is 0 Å². The molecule has 1 heterocycles. The third-order valence-electron chi connectivity index (χ3n) is 4.14. The number of hydrogen-bond donors (Lipinski definition) is 2. The molecule has 0 aliphatic rings. The number of amides is 1. The van der Waals surface area contributed by atoms with E-state index in [9.17, 15) is 13.2 Å². The van der Waals surface area contributed by atoms with Gasteiger partial charge in [0.25, 0.3) is 5.91 Å². The smallest absolute Gasteiger partial charge is 0.259 e. The van der Waals surface area contributed by atoms with Gasteiger partial charge in [0, 0.05) is 11.6 Å². The molecule has 0 aliphatic heterocycles. The van der Waals surface area contributed by atoms with Crippen molar-refractivity contribution in [3.8, 4) is 5.75 Å². The van der Waals surface area contributed by atoms with E-state index in [-0.39, 0.29) is 16.2 Å². The highest BCUT2D eigenvalue weighted by Gasteiger charge is 2.19. The van der Waals surface area contributed by atoms with Crippen molar-refractivity contribution in [3.05, 3.63) is 59.8 Å². The van der Waals surface area contributed by atoms with Crippen molar-refractivity contribution in [2.75, 3.05) is 19.5 Å². The van der Waals surface area contributed by atoms with Crippen molar-refractivity contribution >= 4 is 32.5 Å². The molecular weight excluding hydrogens is 366 g/mol. The maximum absolute atomic E-state index is 12.9. The number of aromatic nitrogens is 1. The summed E-state index contributed by atoms with van der Waals surface area (Å²) in [4.78, 5) is 17.1. The number of benzene rings is 2. The largest absolute Gasteiger partial charge is 0.496 e. The number of methoxy groups -OCH3 is 1. The predicted octanol–water partition coefficient (Wildman–Crippen LogP) is 2.71. The zero-order valence-corrected chi connectivity index (χ0v) is 15.9. The summed E-state index contributed by atoms with van der Waals surface area (Å²) >= 11 is 0. The van der Waals surface area contributed by atoms with E-state index < -0.39 is 15.9 Å². The first-order valence-electron chi connectivity index (χ1n) is 8.14. The molecule has 0 spiro atoms. The summed E-state index contributed by atoms with van der Waals surface area (Å²) in [6, 6.07) is 11.6. The number of nitrogens with zero attached hydrogens (tertiary/aromatic N) is 1. The molecule has 7 nitrogen and oxygen atoms in total. The maximum Gasteiger partial charge on any atom is 0.259 e. The fourth-order valence-corrected chi connectivity index (χ4v) is 3.46. The molecule has 0 fully saturated rings. The molecule has 0 atom stereocenters. The van der Waals surface area contributed by atoms with Crippen LogP contribution in [-0.2, 0) is 10.0 Å². The van der Waals surface area contributed by atoms with Gasteiger partial charge in [0.2, 0.25) is 10.0 Å². The first kappa shape index (κ1) is 18.8. The van der Waals surface area contributed by atoms with Gasteiger partial charge in [-0.25, -0.2) is 13.1 Å². The number of anilines is 1. The standard InChI is InChI=1S/C19H19N3O4S/c1-12-4-6-16-14(10-12)17(8-9-21-16)22-19(23)15-11-13(27(24,25)20-2)5-7-18(15)26-3/h4-11,20H,1-3H3,(H,21,22,23). The zero-order valence-electron chi connectivity index (χ0n) is 15.1. The lowest BCUT2D eigenvalue weighted by molar-refractivity contribution is 0.102. The Morgan fingerprint density at radius 2 is 1.89 bits per heavy atom. The topological polar surface area (TPSA) is 97.4 Å². The highest BCUT2D eigenvalue weighted by molar-refractivity contribution is 7.89. The first-order chi connectivity index (χ1) is 12.9. The van der Waals surface area contributed by atoms with Crippen LogP contribution in [0.5, 0.6) is 5.75 Å². The predicted molar refractivity (Wildman–Crippen MR) is 104 cm³/mol. The highest BCUT2D eigenvalue weighted by atomic mass is 32.2. The lowest BCUT2D eigenvalue weighted by Gasteiger charge is -2.13. The number of ether oxygens (including phenoxy) is 1. The lowest BCUT2D eigenvalue weighted by Crippen LogP contribution is -2.20. The van der Waals surface area contributed by atoms with Gasteiger partial charge in [0.15, 0.2) is 0 Å². The maximum atomic E-state index is 12.9. The van der Waals surface area contributed by atoms with Gasteiger partial charge in [0.1, 0.15) is 5.75 Å². The Bertz CT molecular complexity index is 1130. The van der Waals surface area contributed by atoms with E-state index in [0.29, 0.717) is 5.69 Å². The second-order valence-electron chi connectivity index (χ2n) is 5.90. The van der Waals surface area contributed by atoms with Gasteiger partial charge < -0.3 is 10.1 Å². The minimum atomic E-state index is -3.69. The zero-order chi connectivity index (χ0) is 19.6. The first-order valence-corrected chi connectivity index (χ1v) is 9.62. The van der Waals surface area contributed by atoms with Crippen molar-refractivity contribution in [3.63, 3.8) is 0 Å². The molecule has 0 saturated heterocycles. The van der Waals surface area contributed by atoms with E-state index in [1.165, 1.54) is 32.4 Å². The van der Waals surface area contributed by atoms with Crippen LogP contribution in [-0.4, -0.2) is 33.5 Å². The molecule has 8 heteroatoms. The van der Waals surface area contributed by atoms with Gasteiger partial charge in [-0.05, 0) is 50.4 Å². The number of aryl methyl sites for hydroxylation is 1. The summed E-state index contributed by atoms with van der Waals surface area (Å²) in [5.41, 5.74) is 2.48. The molecule has 0 unspecified atom stereocenters. The summed E-state index contributed by atoms with van der Waals surface area (Å²) in [7, 11) is -0.957. The summed E-state index contributed by atoms with van der Waals surface area (Å²) in [5, 5.41) is 3.62. The van der Waals surface area contributed by atoms with Crippen molar-refractivity contribution in [2.45, 2.75) is 11.8 Å². The van der Waals surface area contributed by atoms with Crippen LogP contribution in [0.15, 0.2) is 53.6 Å². The minimum Gasteiger partial charge on any atom is -0.496 e. The van der Waals surface area contributed by atoms with Gasteiger partial charge >= 0.3 is 0 Å². The van der Waals surface area contributed by atoms with Crippen LogP contribution in [0.2, 0.25) is 0 Å². The molecule has 3 aromatic rings. The van der Waals surface area contributed by atoms with Crippen molar-refractivity contribution in [2.24, 2.45) is 0 Å². The molecule has 2 aromatic carbocycles. The van der Waals surface area contributed by atoms with Gasteiger partial charge in [-0.3, -0.25) is 9.78 Å². The lowest BCUT2D eigenvalue weighted by atomic mass is 10.1. The Morgan fingerprint density at radius 1 is 1.11 bits per heavy atom. The molecule has 0 saturated carbocycles. The second-order valence-corrected chi connectivity index (χ2v) is 7.79. The third-order valence-corrected chi connectivity index (χ3v) is 5.55. The SMILES string of the molecule is CNS(=O)(=O)c1ccc(OC)c(C(=O)Nc2ccnc3ccc(C)cc23)c1. The van der Waals surface area contributed by atoms with Crippen molar-refractivity contribution in [1.29, 1.82) is 0 Å². The van der Waals surface area contributed by atoms with Gasteiger partial charge in [-0.2, -0.15) is 0 Å². The van der Waals surface area contributed by atoms with Gasteiger partial charge in [0.05, 0.1) is 28.8 Å². The van der Waals surface area contributed by atoms with Crippen molar-refractivity contribution < 1.29 is 17.9 Å². The Hall–Kier alpha value is -2.97. The minimum absolute atomic E-state index is 0.0219. The van der Waals surface area contributed by atoms with Crippen LogP contribution in [0.3, 0.4) is 0 Å². The number of nitrogens with one attached hydrogen (secondary N) is 2. The average Bonchev–Trinajstić information content (AvgIpc) is 2.67. The van der Waals surface area contributed by atoms with Crippen LogP contribution < -0.4 is 14.8 Å². The highest BCUT2D eigenvalue weighted by Crippen LogP contribution is 2.26. The summed E-state index contributed by atoms with van der Waals surface area (Å²) in [5.74, 6) is -0.203. The van der Waals surface area contributed by atoms with E-state index in [1.807, 2.05) is 25.1 Å². The van der Waals surface area contributed by atoms with Crippen molar-refractivity contribution in [1.82, 2.24) is 9.71 Å². The van der Waals surface area contributed by atoms with Gasteiger partial charge in [-0.1, -0.05) is 11.6 Å². The number of carbonyl (C=O) groups is 1. The van der Waals surface area contributed by atoms with Crippen LogP contribution in [0.1, 0.15) is 15.9 Å². The number of fused-ring (bicyclic) bond motifs is 1. The summed E-state index contributed by atoms with van der Waals surface area (Å²) in [6.45, 7) is 1.95. The molecular formula is C19H19N3O4S. The van der Waals surface area contributed by atoms with Crippen LogP contribution in [0, 0.1) is 6.92 Å². The third kappa shape index (κ3) is 3.76.